The van der Waals surface area contributed by atoms with Crippen molar-refractivity contribution in [2.45, 2.75) is 20.4 Å². The number of fused-ring (bicyclic) bond motifs is 1. The molecule has 0 atom stereocenters. The van der Waals surface area contributed by atoms with E-state index in [9.17, 15) is 4.79 Å². The minimum atomic E-state index is 0.00141. The summed E-state index contributed by atoms with van der Waals surface area (Å²) in [5, 5.41) is 2.71. The van der Waals surface area contributed by atoms with Crippen LogP contribution in [0.1, 0.15) is 12.5 Å². The van der Waals surface area contributed by atoms with Crippen LogP contribution >= 0.6 is 11.3 Å². The van der Waals surface area contributed by atoms with Crippen molar-refractivity contribution in [3.63, 3.8) is 0 Å². The largest absolute Gasteiger partial charge is 0.380 e. The van der Waals surface area contributed by atoms with E-state index in [1.807, 2.05) is 24.4 Å². The van der Waals surface area contributed by atoms with E-state index >= 15 is 0 Å². The summed E-state index contributed by atoms with van der Waals surface area (Å²) in [4.78, 5) is 17.9. The summed E-state index contributed by atoms with van der Waals surface area (Å²) >= 11 is 1.51. The molecule has 114 valence electrons. The summed E-state index contributed by atoms with van der Waals surface area (Å²) in [7, 11) is 0. The van der Waals surface area contributed by atoms with Gasteiger partial charge in [0.05, 0.1) is 24.9 Å². The van der Waals surface area contributed by atoms with Crippen LogP contribution in [0.15, 0.2) is 40.8 Å². The highest BCUT2D eigenvalue weighted by Crippen LogP contribution is 2.30. The summed E-state index contributed by atoms with van der Waals surface area (Å²) < 4.78 is 6.96. The molecular formula is C17H18N2O2S. The van der Waals surface area contributed by atoms with Gasteiger partial charge in [-0.05, 0) is 19.4 Å². The molecule has 22 heavy (non-hydrogen) atoms. The molecule has 0 saturated heterocycles. The zero-order chi connectivity index (χ0) is 15.5. The van der Waals surface area contributed by atoms with Crippen LogP contribution in [0, 0.1) is 6.92 Å². The third kappa shape index (κ3) is 2.82. The number of aromatic nitrogens is 2. The maximum atomic E-state index is 12.7. The Bertz CT molecular complexity index is 834. The van der Waals surface area contributed by atoms with Crippen molar-refractivity contribution in [2.24, 2.45) is 0 Å². The van der Waals surface area contributed by atoms with Crippen LogP contribution in [0.4, 0.5) is 0 Å². The monoisotopic (exact) mass is 314 g/mol. The van der Waals surface area contributed by atoms with Gasteiger partial charge in [0.15, 0.2) is 0 Å². The van der Waals surface area contributed by atoms with Crippen LogP contribution in [0.3, 0.4) is 0 Å². The molecule has 0 aliphatic carbocycles. The van der Waals surface area contributed by atoms with Gasteiger partial charge in [-0.25, -0.2) is 4.98 Å². The number of hydrogen-bond donors (Lipinski definition) is 0. The van der Waals surface area contributed by atoms with E-state index in [0.29, 0.717) is 25.1 Å². The first-order valence-corrected chi connectivity index (χ1v) is 8.20. The topological polar surface area (TPSA) is 44.1 Å². The summed E-state index contributed by atoms with van der Waals surface area (Å²) in [5.41, 5.74) is 3.22. The predicted octanol–water partition coefficient (Wildman–Crippen LogP) is 3.47. The molecule has 0 spiro atoms. The Morgan fingerprint density at radius 3 is 2.77 bits per heavy atom. The third-order valence-corrected chi connectivity index (χ3v) is 4.49. The lowest BCUT2D eigenvalue weighted by Crippen LogP contribution is -2.22. The molecular weight excluding hydrogens is 296 g/mol. The highest BCUT2D eigenvalue weighted by Gasteiger charge is 2.13. The maximum Gasteiger partial charge on any atom is 0.262 e. The SMILES string of the molecule is CCOCCn1cnc2scc(-c3ccc(C)cc3)c2c1=O. The first-order valence-electron chi connectivity index (χ1n) is 7.32. The average molecular weight is 314 g/mol. The Hall–Kier alpha value is -1.98. The highest BCUT2D eigenvalue weighted by atomic mass is 32.1. The molecule has 0 fully saturated rings. The van der Waals surface area contributed by atoms with Gasteiger partial charge in [-0.3, -0.25) is 9.36 Å². The van der Waals surface area contributed by atoms with Crippen LogP contribution in [0.25, 0.3) is 21.3 Å². The number of hydrogen-bond acceptors (Lipinski definition) is 4. The van der Waals surface area contributed by atoms with Gasteiger partial charge >= 0.3 is 0 Å². The van der Waals surface area contributed by atoms with E-state index in [2.05, 4.69) is 24.0 Å². The van der Waals surface area contributed by atoms with Gasteiger partial charge in [-0.15, -0.1) is 11.3 Å². The van der Waals surface area contributed by atoms with Crippen LogP contribution in [-0.4, -0.2) is 22.8 Å². The lowest BCUT2D eigenvalue weighted by atomic mass is 10.1. The Morgan fingerprint density at radius 1 is 1.27 bits per heavy atom. The van der Waals surface area contributed by atoms with Crippen LogP contribution < -0.4 is 5.56 Å². The normalized spacial score (nSPS) is 11.2. The van der Waals surface area contributed by atoms with Crippen molar-refractivity contribution >= 4 is 21.6 Å². The molecule has 0 bridgehead atoms. The molecule has 0 amide bonds. The second kappa shape index (κ2) is 6.42. The molecule has 0 aliphatic rings. The Labute approximate surface area is 133 Å². The standard InChI is InChI=1S/C17H18N2O2S/c1-3-21-9-8-19-11-18-16-15(17(19)20)14(10-22-16)13-6-4-12(2)5-7-13/h4-7,10-11H,3,8-9H2,1-2H3. The molecule has 1 aromatic carbocycles. The molecule has 0 aliphatic heterocycles. The minimum absolute atomic E-state index is 0.00141. The second-order valence-electron chi connectivity index (χ2n) is 5.14. The number of aryl methyl sites for hydroxylation is 1. The molecule has 2 heterocycles. The fraction of sp³-hybridized carbons (Fsp3) is 0.294. The fourth-order valence-corrected chi connectivity index (χ4v) is 3.29. The zero-order valence-corrected chi connectivity index (χ0v) is 13.5. The van der Waals surface area contributed by atoms with Crippen molar-refractivity contribution in [1.82, 2.24) is 9.55 Å². The number of nitrogens with zero attached hydrogens (tertiary/aromatic N) is 2. The van der Waals surface area contributed by atoms with Gasteiger partial charge in [0.25, 0.3) is 5.56 Å². The molecule has 3 rings (SSSR count). The second-order valence-corrected chi connectivity index (χ2v) is 5.99. The average Bonchev–Trinajstić information content (AvgIpc) is 2.95. The highest BCUT2D eigenvalue weighted by molar-refractivity contribution is 7.17. The molecule has 2 aromatic heterocycles. The summed E-state index contributed by atoms with van der Waals surface area (Å²) in [5.74, 6) is 0. The first kappa shape index (κ1) is 14.9. The molecule has 5 heteroatoms. The molecule has 0 radical (unpaired) electrons. The van der Waals surface area contributed by atoms with E-state index in [0.717, 1.165) is 16.0 Å². The quantitative estimate of drug-likeness (QED) is 0.677. The number of ether oxygens (including phenoxy) is 1. The molecule has 0 unspecified atom stereocenters. The Balaban J connectivity index is 2.06. The van der Waals surface area contributed by atoms with Crippen LogP contribution in [-0.2, 0) is 11.3 Å². The summed E-state index contributed by atoms with van der Waals surface area (Å²) in [6, 6.07) is 8.22. The summed E-state index contributed by atoms with van der Waals surface area (Å²) in [6.07, 6.45) is 1.61. The van der Waals surface area contributed by atoms with Crippen LogP contribution in [0.5, 0.6) is 0 Å². The van der Waals surface area contributed by atoms with E-state index in [1.54, 1.807) is 10.9 Å². The van der Waals surface area contributed by atoms with Gasteiger partial charge in [-0.2, -0.15) is 0 Å². The van der Waals surface area contributed by atoms with Crippen molar-refractivity contribution in [1.29, 1.82) is 0 Å². The first-order chi connectivity index (χ1) is 10.7. The maximum absolute atomic E-state index is 12.7. The van der Waals surface area contributed by atoms with Gasteiger partial charge in [0.1, 0.15) is 4.83 Å². The van der Waals surface area contributed by atoms with E-state index in [-0.39, 0.29) is 5.56 Å². The molecule has 3 aromatic rings. The summed E-state index contributed by atoms with van der Waals surface area (Å²) in [6.45, 7) is 5.69. The van der Waals surface area contributed by atoms with Crippen LogP contribution in [0.2, 0.25) is 0 Å². The van der Waals surface area contributed by atoms with Gasteiger partial charge < -0.3 is 4.74 Å². The van der Waals surface area contributed by atoms with E-state index in [4.69, 9.17) is 4.74 Å². The Kier molecular flexibility index (Phi) is 4.36. The lowest BCUT2D eigenvalue weighted by molar-refractivity contribution is 0.138. The van der Waals surface area contributed by atoms with Crippen molar-refractivity contribution in [3.05, 3.63) is 51.9 Å². The lowest BCUT2D eigenvalue weighted by Gasteiger charge is -2.06. The molecule has 0 N–H and O–H groups in total. The fourth-order valence-electron chi connectivity index (χ4n) is 2.38. The molecule has 0 saturated carbocycles. The number of benzene rings is 1. The van der Waals surface area contributed by atoms with Crippen molar-refractivity contribution in [2.75, 3.05) is 13.2 Å². The molecule has 4 nitrogen and oxygen atoms in total. The smallest absolute Gasteiger partial charge is 0.262 e. The number of thiophene rings is 1. The van der Waals surface area contributed by atoms with Gasteiger partial charge in [0.2, 0.25) is 0 Å². The Morgan fingerprint density at radius 2 is 2.05 bits per heavy atom. The number of rotatable bonds is 5. The van der Waals surface area contributed by atoms with E-state index < -0.39 is 0 Å². The minimum Gasteiger partial charge on any atom is -0.380 e. The zero-order valence-electron chi connectivity index (χ0n) is 12.7. The van der Waals surface area contributed by atoms with Crippen molar-refractivity contribution < 1.29 is 4.74 Å². The van der Waals surface area contributed by atoms with Gasteiger partial charge in [-0.1, -0.05) is 29.8 Å². The van der Waals surface area contributed by atoms with Crippen molar-refractivity contribution in [3.8, 4) is 11.1 Å². The third-order valence-electron chi connectivity index (χ3n) is 3.60. The predicted molar refractivity (Wildman–Crippen MR) is 90.5 cm³/mol. The van der Waals surface area contributed by atoms with Gasteiger partial charge in [0, 0.05) is 17.6 Å². The van der Waals surface area contributed by atoms with E-state index in [1.165, 1.54) is 16.9 Å².